The SMILES string of the molecule is CCn1nc(C)c([N+](=O)[O-])c1NCCCCCSC. The Balaban J connectivity index is 2.58. The van der Waals surface area contributed by atoms with Crippen LogP contribution in [0.4, 0.5) is 11.5 Å². The van der Waals surface area contributed by atoms with Crippen LogP contribution < -0.4 is 5.32 Å². The highest BCUT2D eigenvalue weighted by Gasteiger charge is 2.24. The molecule has 0 aliphatic heterocycles. The van der Waals surface area contributed by atoms with Gasteiger partial charge in [-0.1, -0.05) is 6.42 Å². The lowest BCUT2D eigenvalue weighted by molar-refractivity contribution is -0.384. The molecule has 0 bridgehead atoms. The number of hydrogen-bond acceptors (Lipinski definition) is 5. The van der Waals surface area contributed by atoms with Crippen molar-refractivity contribution in [3.05, 3.63) is 15.8 Å². The molecule has 0 aromatic carbocycles. The number of nitrogens with one attached hydrogen (secondary N) is 1. The number of aryl methyl sites for hydroxylation is 2. The number of hydrogen-bond donors (Lipinski definition) is 1. The van der Waals surface area contributed by atoms with Gasteiger partial charge in [0.2, 0.25) is 5.82 Å². The first-order chi connectivity index (χ1) is 9.11. The van der Waals surface area contributed by atoms with Crippen molar-refractivity contribution in [2.75, 3.05) is 23.9 Å². The summed E-state index contributed by atoms with van der Waals surface area (Å²) in [4.78, 5) is 10.7. The first kappa shape index (κ1) is 15.8. The Morgan fingerprint density at radius 1 is 1.42 bits per heavy atom. The van der Waals surface area contributed by atoms with Gasteiger partial charge in [-0.2, -0.15) is 16.9 Å². The van der Waals surface area contributed by atoms with Crippen LogP contribution in [0.15, 0.2) is 0 Å². The van der Waals surface area contributed by atoms with E-state index in [9.17, 15) is 10.1 Å². The lowest BCUT2D eigenvalue weighted by atomic mass is 10.2. The third-order valence-electron chi connectivity index (χ3n) is 2.90. The van der Waals surface area contributed by atoms with Crippen molar-refractivity contribution >= 4 is 23.3 Å². The molecule has 1 N–H and O–H groups in total. The summed E-state index contributed by atoms with van der Waals surface area (Å²) in [6.07, 6.45) is 5.45. The summed E-state index contributed by atoms with van der Waals surface area (Å²) < 4.78 is 1.66. The maximum atomic E-state index is 11.1. The van der Waals surface area contributed by atoms with Crippen LogP contribution in [0.3, 0.4) is 0 Å². The predicted molar refractivity (Wildman–Crippen MR) is 80.0 cm³/mol. The molecule has 0 saturated carbocycles. The second-order valence-electron chi connectivity index (χ2n) is 4.34. The predicted octanol–water partition coefficient (Wildman–Crippen LogP) is 3.06. The summed E-state index contributed by atoms with van der Waals surface area (Å²) in [6.45, 7) is 4.98. The van der Waals surface area contributed by atoms with Crippen molar-refractivity contribution in [3.63, 3.8) is 0 Å². The maximum absolute atomic E-state index is 11.1. The van der Waals surface area contributed by atoms with Crippen molar-refractivity contribution in [1.29, 1.82) is 0 Å². The highest BCUT2D eigenvalue weighted by Crippen LogP contribution is 2.28. The fraction of sp³-hybridized carbons (Fsp3) is 0.750. The molecule has 0 atom stereocenters. The third-order valence-corrected chi connectivity index (χ3v) is 3.59. The lowest BCUT2D eigenvalue weighted by Crippen LogP contribution is -2.09. The van der Waals surface area contributed by atoms with Gasteiger partial charge in [0.15, 0.2) is 0 Å². The lowest BCUT2D eigenvalue weighted by Gasteiger charge is -2.07. The Bertz CT molecular complexity index is 420. The first-order valence-electron chi connectivity index (χ1n) is 6.56. The standard InChI is InChI=1S/C12H22N4O2S/c1-4-15-12(11(16(17)18)10(2)14-15)13-8-6-5-7-9-19-3/h13H,4-9H2,1-3H3. The molecule has 0 radical (unpaired) electrons. The highest BCUT2D eigenvalue weighted by molar-refractivity contribution is 7.98. The zero-order chi connectivity index (χ0) is 14.3. The molecule has 0 fully saturated rings. The number of thioether (sulfide) groups is 1. The minimum absolute atomic E-state index is 0.103. The molecule has 0 aliphatic carbocycles. The number of unbranched alkanes of at least 4 members (excludes halogenated alkanes) is 2. The second kappa shape index (κ2) is 8.04. The van der Waals surface area contributed by atoms with Crippen LogP contribution in [0.1, 0.15) is 31.9 Å². The molecule has 0 aliphatic rings. The van der Waals surface area contributed by atoms with Crippen molar-refractivity contribution in [2.24, 2.45) is 0 Å². The molecule has 19 heavy (non-hydrogen) atoms. The van der Waals surface area contributed by atoms with E-state index in [2.05, 4.69) is 16.7 Å². The normalized spacial score (nSPS) is 10.7. The summed E-state index contributed by atoms with van der Waals surface area (Å²) in [7, 11) is 0. The molecule has 108 valence electrons. The number of anilines is 1. The van der Waals surface area contributed by atoms with Crippen LogP contribution in [0.25, 0.3) is 0 Å². The molecule has 6 nitrogen and oxygen atoms in total. The first-order valence-corrected chi connectivity index (χ1v) is 7.95. The number of rotatable bonds is 9. The summed E-state index contributed by atoms with van der Waals surface area (Å²) in [5.74, 6) is 1.71. The monoisotopic (exact) mass is 286 g/mol. The minimum Gasteiger partial charge on any atom is -0.365 e. The van der Waals surface area contributed by atoms with Gasteiger partial charge < -0.3 is 5.32 Å². The van der Waals surface area contributed by atoms with E-state index < -0.39 is 0 Å². The highest BCUT2D eigenvalue weighted by atomic mass is 32.2. The Kier molecular flexibility index (Phi) is 6.69. The van der Waals surface area contributed by atoms with E-state index in [1.807, 2.05) is 18.7 Å². The molecule has 0 spiro atoms. The molecule has 0 saturated heterocycles. The molecule has 0 amide bonds. The van der Waals surface area contributed by atoms with Crippen LogP contribution in [0.5, 0.6) is 0 Å². The van der Waals surface area contributed by atoms with Crippen LogP contribution >= 0.6 is 11.8 Å². The van der Waals surface area contributed by atoms with Crippen LogP contribution in [0, 0.1) is 17.0 Å². The number of nitro groups is 1. The molecular weight excluding hydrogens is 264 g/mol. The minimum atomic E-state index is -0.357. The summed E-state index contributed by atoms with van der Waals surface area (Å²) in [5.41, 5.74) is 0.572. The molecule has 1 aromatic rings. The molecule has 7 heteroatoms. The maximum Gasteiger partial charge on any atom is 0.333 e. The van der Waals surface area contributed by atoms with Crippen LogP contribution in [0.2, 0.25) is 0 Å². The molecule has 1 heterocycles. The van der Waals surface area contributed by atoms with Gasteiger partial charge >= 0.3 is 5.69 Å². The third kappa shape index (κ3) is 4.41. The van der Waals surface area contributed by atoms with Crippen LogP contribution in [-0.4, -0.2) is 33.3 Å². The zero-order valence-electron chi connectivity index (χ0n) is 11.8. The molecular formula is C12H22N4O2S. The largest absolute Gasteiger partial charge is 0.365 e. The van der Waals surface area contributed by atoms with E-state index in [1.54, 1.807) is 11.6 Å². The van der Waals surface area contributed by atoms with Gasteiger partial charge in [0.1, 0.15) is 5.69 Å². The van der Waals surface area contributed by atoms with Crippen molar-refractivity contribution in [1.82, 2.24) is 9.78 Å². The Hall–Kier alpha value is -1.24. The van der Waals surface area contributed by atoms with Gasteiger partial charge in [-0.3, -0.25) is 10.1 Å². The molecule has 0 unspecified atom stereocenters. The van der Waals surface area contributed by atoms with Gasteiger partial charge in [-0.15, -0.1) is 0 Å². The van der Waals surface area contributed by atoms with Crippen molar-refractivity contribution in [3.8, 4) is 0 Å². The Morgan fingerprint density at radius 3 is 2.74 bits per heavy atom. The van der Waals surface area contributed by atoms with Gasteiger partial charge in [-0.05, 0) is 38.7 Å². The van der Waals surface area contributed by atoms with E-state index >= 15 is 0 Å². The van der Waals surface area contributed by atoms with E-state index in [4.69, 9.17) is 0 Å². The van der Waals surface area contributed by atoms with Gasteiger partial charge in [0, 0.05) is 13.1 Å². The quantitative estimate of drug-likeness (QED) is 0.429. The second-order valence-corrected chi connectivity index (χ2v) is 5.32. The van der Waals surface area contributed by atoms with Crippen molar-refractivity contribution in [2.45, 2.75) is 39.7 Å². The molecule has 1 rings (SSSR count). The zero-order valence-corrected chi connectivity index (χ0v) is 12.6. The fourth-order valence-corrected chi connectivity index (χ4v) is 2.44. The van der Waals surface area contributed by atoms with E-state index in [0.717, 1.165) is 19.4 Å². The smallest absolute Gasteiger partial charge is 0.333 e. The summed E-state index contributed by atoms with van der Waals surface area (Å²) >= 11 is 1.85. The van der Waals surface area contributed by atoms with Gasteiger partial charge in [0.05, 0.1) is 4.92 Å². The molecule has 1 aromatic heterocycles. The Morgan fingerprint density at radius 2 is 2.16 bits per heavy atom. The number of aromatic nitrogens is 2. The van der Waals surface area contributed by atoms with Crippen molar-refractivity contribution < 1.29 is 4.92 Å². The summed E-state index contributed by atoms with van der Waals surface area (Å²) in [5, 5.41) is 18.4. The Labute approximate surface area is 118 Å². The van der Waals surface area contributed by atoms with E-state index in [-0.39, 0.29) is 10.6 Å². The number of nitrogens with zero attached hydrogens (tertiary/aromatic N) is 3. The van der Waals surface area contributed by atoms with Gasteiger partial charge in [-0.25, -0.2) is 4.68 Å². The van der Waals surface area contributed by atoms with E-state index in [1.165, 1.54) is 12.2 Å². The summed E-state index contributed by atoms with van der Waals surface area (Å²) in [6, 6.07) is 0. The van der Waals surface area contributed by atoms with E-state index in [0.29, 0.717) is 18.1 Å². The topological polar surface area (TPSA) is 73.0 Å². The average Bonchev–Trinajstić information content (AvgIpc) is 2.69. The van der Waals surface area contributed by atoms with Crippen LogP contribution in [-0.2, 0) is 6.54 Å². The fourth-order valence-electron chi connectivity index (χ4n) is 1.95. The van der Waals surface area contributed by atoms with Gasteiger partial charge in [0.25, 0.3) is 0 Å². The average molecular weight is 286 g/mol.